The van der Waals surface area contributed by atoms with Gasteiger partial charge in [-0.05, 0) is 44.4 Å². The fourth-order valence-electron chi connectivity index (χ4n) is 4.63. The lowest BCUT2D eigenvalue weighted by Gasteiger charge is -2.21. The van der Waals surface area contributed by atoms with Gasteiger partial charge in [0.05, 0.1) is 17.3 Å². The second-order valence-electron chi connectivity index (χ2n) is 8.89. The minimum Gasteiger partial charge on any atom is -0.342 e. The van der Waals surface area contributed by atoms with Crippen molar-refractivity contribution < 1.29 is 9.18 Å². The quantitative estimate of drug-likeness (QED) is 0.335. The van der Waals surface area contributed by atoms with Crippen molar-refractivity contribution in [3.63, 3.8) is 0 Å². The molecule has 2 aromatic heterocycles. The third-order valence-electron chi connectivity index (χ3n) is 6.38. The highest BCUT2D eigenvalue weighted by atomic mass is 32.2. The molecule has 0 spiro atoms. The van der Waals surface area contributed by atoms with Gasteiger partial charge in [-0.25, -0.2) is 9.37 Å². The maximum atomic E-state index is 14.5. The van der Waals surface area contributed by atoms with E-state index in [4.69, 9.17) is 4.98 Å². The molecule has 0 bridgehead atoms. The van der Waals surface area contributed by atoms with Crippen molar-refractivity contribution >= 4 is 39.7 Å². The topological polar surface area (TPSA) is 63.9 Å². The lowest BCUT2D eigenvalue weighted by atomic mass is 10.1. The molecule has 8 heteroatoms. The number of hydrogen-bond acceptors (Lipinski definition) is 5. The number of carbonyl (C=O) groups is 1. The fraction of sp³-hybridized carbons (Fsp3) is 0.385. The highest BCUT2D eigenvalue weighted by Gasteiger charge is 2.28. The predicted octanol–water partition coefficient (Wildman–Crippen LogP) is 5.36. The van der Waals surface area contributed by atoms with Crippen LogP contribution in [0.1, 0.15) is 43.7 Å². The van der Waals surface area contributed by atoms with Crippen LogP contribution >= 0.6 is 11.8 Å². The van der Waals surface area contributed by atoms with E-state index in [2.05, 4.69) is 23.2 Å². The summed E-state index contributed by atoms with van der Waals surface area (Å²) >= 11 is 1.39. The second-order valence-corrected chi connectivity index (χ2v) is 10.1. The first kappa shape index (κ1) is 22.8. The van der Waals surface area contributed by atoms with E-state index in [1.807, 2.05) is 34.6 Å². The van der Waals surface area contributed by atoms with Gasteiger partial charge < -0.3 is 9.47 Å². The molecule has 0 radical (unpaired) electrons. The van der Waals surface area contributed by atoms with Crippen LogP contribution in [0.25, 0.3) is 22.1 Å². The summed E-state index contributed by atoms with van der Waals surface area (Å²) in [4.78, 5) is 19.9. The molecule has 1 saturated heterocycles. The van der Waals surface area contributed by atoms with Gasteiger partial charge in [0, 0.05) is 24.0 Å². The van der Waals surface area contributed by atoms with Crippen molar-refractivity contribution in [2.75, 3.05) is 13.1 Å². The number of fused-ring (bicyclic) bond motifs is 3. The van der Waals surface area contributed by atoms with E-state index < -0.39 is 0 Å². The predicted molar refractivity (Wildman–Crippen MR) is 133 cm³/mol. The molecule has 34 heavy (non-hydrogen) atoms. The van der Waals surface area contributed by atoms with Crippen LogP contribution in [0.2, 0.25) is 0 Å². The molecule has 6 nitrogen and oxygen atoms in total. The molecule has 4 aromatic rings. The van der Waals surface area contributed by atoms with Crippen LogP contribution in [0, 0.1) is 12.7 Å². The molecule has 1 aliphatic rings. The fourth-order valence-corrected chi connectivity index (χ4v) is 5.71. The Bertz CT molecular complexity index is 1350. The minimum absolute atomic E-state index is 0.163. The third kappa shape index (κ3) is 4.39. The lowest BCUT2D eigenvalue weighted by Crippen LogP contribution is -2.35. The summed E-state index contributed by atoms with van der Waals surface area (Å²) in [7, 11) is 0. The Morgan fingerprint density at radius 3 is 2.71 bits per heavy atom. The number of amides is 1. The third-order valence-corrected chi connectivity index (χ3v) is 7.49. The molecular formula is C26H28FN5OS. The summed E-state index contributed by atoms with van der Waals surface area (Å²) < 4.78 is 16.5. The van der Waals surface area contributed by atoms with Crippen LogP contribution < -0.4 is 0 Å². The number of hydrogen-bond donors (Lipinski definition) is 0. The van der Waals surface area contributed by atoms with E-state index in [1.165, 1.54) is 17.8 Å². The maximum absolute atomic E-state index is 14.5. The first-order chi connectivity index (χ1) is 16.5. The van der Waals surface area contributed by atoms with Crippen molar-refractivity contribution in [1.29, 1.82) is 0 Å². The zero-order chi connectivity index (χ0) is 23.7. The number of carbonyl (C=O) groups excluding carboxylic acids is 1. The van der Waals surface area contributed by atoms with E-state index in [-0.39, 0.29) is 17.0 Å². The molecule has 1 amide bonds. The van der Waals surface area contributed by atoms with Crippen LogP contribution in [0.15, 0.2) is 47.6 Å². The zero-order valence-corrected chi connectivity index (χ0v) is 20.3. The smallest absolute Gasteiger partial charge is 0.236 e. The maximum Gasteiger partial charge on any atom is 0.236 e. The van der Waals surface area contributed by atoms with Crippen LogP contribution in [0.5, 0.6) is 0 Å². The van der Waals surface area contributed by atoms with E-state index in [1.54, 1.807) is 12.1 Å². The van der Waals surface area contributed by atoms with Crippen LogP contribution in [0.4, 0.5) is 4.39 Å². The van der Waals surface area contributed by atoms with Gasteiger partial charge in [-0.2, -0.15) is 0 Å². The molecule has 1 unspecified atom stereocenters. The van der Waals surface area contributed by atoms with Gasteiger partial charge in [0.1, 0.15) is 11.3 Å². The molecule has 0 N–H and O–H groups in total. The number of aromatic nitrogens is 4. The van der Waals surface area contributed by atoms with Gasteiger partial charge in [0.2, 0.25) is 11.1 Å². The van der Waals surface area contributed by atoms with E-state index in [0.717, 1.165) is 55.2 Å². The molecule has 1 atom stereocenters. The molecule has 5 rings (SSSR count). The summed E-state index contributed by atoms with van der Waals surface area (Å²) in [5.74, 6) is -0.0870. The number of rotatable bonds is 7. The first-order valence-electron chi connectivity index (χ1n) is 11.9. The van der Waals surface area contributed by atoms with Crippen LogP contribution in [-0.2, 0) is 11.3 Å². The Hall–Kier alpha value is -3.00. The zero-order valence-electron chi connectivity index (χ0n) is 19.5. The van der Waals surface area contributed by atoms with Gasteiger partial charge in [-0.3, -0.25) is 4.79 Å². The standard InChI is InChI=1S/C26H28FN5OS/c1-3-8-22(25(33)31-13-6-7-14-31)34-26-28-24-23(29-30-26)19-15-17(2)11-12-21(19)32(24)16-18-9-4-5-10-20(18)27/h4-5,9-12,15,22H,3,6-8,13-14,16H2,1-2H3. The normalized spacial score (nSPS) is 14.9. The number of aryl methyl sites for hydroxylation is 1. The van der Waals surface area contributed by atoms with Gasteiger partial charge >= 0.3 is 0 Å². The van der Waals surface area contributed by atoms with Crippen molar-refractivity contribution in [1.82, 2.24) is 24.6 Å². The van der Waals surface area contributed by atoms with Crippen molar-refractivity contribution in [2.45, 2.75) is 56.5 Å². The Kier molecular flexibility index (Phi) is 6.50. The lowest BCUT2D eigenvalue weighted by molar-refractivity contribution is -0.129. The van der Waals surface area contributed by atoms with Crippen molar-refractivity contribution in [3.05, 3.63) is 59.4 Å². The Morgan fingerprint density at radius 2 is 1.94 bits per heavy atom. The van der Waals surface area contributed by atoms with Gasteiger partial charge in [-0.15, -0.1) is 10.2 Å². The SMILES string of the molecule is CCCC(Sc1nnc2c3cc(C)ccc3n(Cc3ccccc3F)c2n1)C(=O)N1CCCC1. The van der Waals surface area contributed by atoms with E-state index >= 15 is 0 Å². The Morgan fingerprint density at radius 1 is 1.15 bits per heavy atom. The van der Waals surface area contributed by atoms with Crippen LogP contribution in [-0.4, -0.2) is 48.9 Å². The van der Waals surface area contributed by atoms with Crippen molar-refractivity contribution in [3.8, 4) is 0 Å². The molecule has 0 saturated carbocycles. The summed E-state index contributed by atoms with van der Waals surface area (Å²) in [6, 6.07) is 12.9. The summed E-state index contributed by atoms with van der Waals surface area (Å²) in [6.07, 6.45) is 3.79. The first-order valence-corrected chi connectivity index (χ1v) is 12.7. The van der Waals surface area contributed by atoms with Crippen molar-refractivity contribution in [2.24, 2.45) is 0 Å². The van der Waals surface area contributed by atoms with Crippen LogP contribution in [0.3, 0.4) is 0 Å². The Balaban J connectivity index is 1.56. The molecule has 1 aliphatic heterocycles. The average Bonchev–Trinajstić information content (AvgIpc) is 3.47. The van der Waals surface area contributed by atoms with Gasteiger partial charge in [0.15, 0.2) is 5.65 Å². The molecular weight excluding hydrogens is 449 g/mol. The summed E-state index contributed by atoms with van der Waals surface area (Å²) in [5.41, 5.74) is 3.98. The average molecular weight is 478 g/mol. The second kappa shape index (κ2) is 9.70. The van der Waals surface area contributed by atoms with Gasteiger partial charge in [-0.1, -0.05) is 54.9 Å². The number of halogens is 1. The molecule has 1 fully saturated rings. The van der Waals surface area contributed by atoms with E-state index in [9.17, 15) is 9.18 Å². The molecule has 176 valence electrons. The highest BCUT2D eigenvalue weighted by Crippen LogP contribution is 2.31. The van der Waals surface area contributed by atoms with E-state index in [0.29, 0.717) is 28.4 Å². The summed E-state index contributed by atoms with van der Waals surface area (Å²) in [6.45, 7) is 6.11. The number of benzene rings is 2. The molecule has 2 aromatic carbocycles. The largest absolute Gasteiger partial charge is 0.342 e. The number of nitrogens with zero attached hydrogens (tertiary/aromatic N) is 5. The number of thioether (sulfide) groups is 1. The van der Waals surface area contributed by atoms with Gasteiger partial charge in [0.25, 0.3) is 0 Å². The molecule has 3 heterocycles. The highest BCUT2D eigenvalue weighted by molar-refractivity contribution is 8.00. The summed E-state index contributed by atoms with van der Waals surface area (Å²) in [5, 5.41) is 10.1. The number of likely N-dealkylation sites (tertiary alicyclic amines) is 1. The Labute approximate surface area is 202 Å². The monoisotopic (exact) mass is 477 g/mol. The minimum atomic E-state index is -0.250. The molecule has 0 aliphatic carbocycles.